The van der Waals surface area contributed by atoms with Crippen LogP contribution in [0, 0.1) is 5.92 Å². The number of carbonyl (C=O) groups is 1. The lowest BCUT2D eigenvalue weighted by Gasteiger charge is -2.32. The van der Waals surface area contributed by atoms with Crippen molar-refractivity contribution in [3.63, 3.8) is 0 Å². The Morgan fingerprint density at radius 2 is 2.30 bits per heavy atom. The molecule has 58 valence electrons. The molecule has 3 heteroatoms. The Balaban J connectivity index is 2.12. The van der Waals surface area contributed by atoms with Gasteiger partial charge in [-0.3, -0.25) is 4.79 Å². The van der Waals surface area contributed by atoms with E-state index in [2.05, 4.69) is 0 Å². The Labute approximate surface area is 60.5 Å². The van der Waals surface area contributed by atoms with Crippen LogP contribution in [-0.2, 0) is 9.53 Å². The first-order valence-electron chi connectivity index (χ1n) is 3.65. The molecular formula is C7H13NO2. The number of amides is 1. The summed E-state index contributed by atoms with van der Waals surface area (Å²) in [7, 11) is 0. The molecule has 1 rings (SSSR count). The predicted molar refractivity (Wildman–Crippen MR) is 37.3 cm³/mol. The number of carbonyl (C=O) groups excluding carboxylic acids is 1. The number of ether oxygens (including phenoxy) is 1. The lowest BCUT2D eigenvalue weighted by molar-refractivity contribution is -0.130. The molecule has 0 saturated heterocycles. The minimum absolute atomic E-state index is 0.0801. The third kappa shape index (κ3) is 1.48. The number of nitrogens with two attached hydrogens (primary N) is 1. The molecule has 0 unspecified atom stereocenters. The van der Waals surface area contributed by atoms with Crippen LogP contribution in [0.15, 0.2) is 0 Å². The molecule has 1 aliphatic carbocycles. The van der Waals surface area contributed by atoms with Crippen LogP contribution in [-0.4, -0.2) is 18.6 Å². The minimum atomic E-state index is -0.184. The molecular weight excluding hydrogens is 130 g/mol. The molecule has 1 fully saturated rings. The van der Waals surface area contributed by atoms with Gasteiger partial charge in [0.05, 0.1) is 6.10 Å². The van der Waals surface area contributed by atoms with Crippen LogP contribution in [0.3, 0.4) is 0 Å². The van der Waals surface area contributed by atoms with Gasteiger partial charge in [0.25, 0.3) is 0 Å². The molecule has 1 saturated carbocycles. The fourth-order valence-electron chi connectivity index (χ4n) is 1.17. The Bertz CT molecular complexity index is 130. The first-order valence-corrected chi connectivity index (χ1v) is 3.65. The highest BCUT2D eigenvalue weighted by molar-refractivity contribution is 5.77. The van der Waals surface area contributed by atoms with Gasteiger partial charge in [0.1, 0.15) is 0 Å². The Morgan fingerprint density at radius 3 is 2.70 bits per heavy atom. The number of rotatable bonds is 3. The Kier molecular flexibility index (Phi) is 2.27. The van der Waals surface area contributed by atoms with Crippen LogP contribution in [0.2, 0.25) is 0 Å². The van der Waals surface area contributed by atoms with Gasteiger partial charge in [-0.2, -0.15) is 0 Å². The molecule has 0 aliphatic heterocycles. The molecule has 3 nitrogen and oxygen atoms in total. The highest BCUT2D eigenvalue weighted by Gasteiger charge is 2.33. The smallest absolute Gasteiger partial charge is 0.220 e. The average Bonchev–Trinajstić information content (AvgIpc) is 1.76. The van der Waals surface area contributed by atoms with E-state index < -0.39 is 0 Å². The van der Waals surface area contributed by atoms with Crippen molar-refractivity contribution >= 4 is 5.91 Å². The molecule has 10 heavy (non-hydrogen) atoms. The summed E-state index contributed by atoms with van der Waals surface area (Å²) in [6.07, 6.45) is 1.94. The van der Waals surface area contributed by atoms with Crippen molar-refractivity contribution in [2.45, 2.75) is 25.9 Å². The highest BCUT2D eigenvalue weighted by atomic mass is 16.5. The average molecular weight is 143 g/mol. The molecule has 0 radical (unpaired) electrons. The zero-order chi connectivity index (χ0) is 7.56. The van der Waals surface area contributed by atoms with E-state index in [0.717, 1.165) is 19.4 Å². The van der Waals surface area contributed by atoms with Gasteiger partial charge in [-0.1, -0.05) is 0 Å². The zero-order valence-corrected chi connectivity index (χ0v) is 6.17. The van der Waals surface area contributed by atoms with Gasteiger partial charge in [-0.05, 0) is 19.8 Å². The fraction of sp³-hybridized carbons (Fsp3) is 0.857. The van der Waals surface area contributed by atoms with Crippen molar-refractivity contribution in [2.24, 2.45) is 11.7 Å². The normalized spacial score (nSPS) is 31.3. The fourth-order valence-corrected chi connectivity index (χ4v) is 1.17. The van der Waals surface area contributed by atoms with Gasteiger partial charge in [-0.25, -0.2) is 0 Å². The molecule has 1 amide bonds. The summed E-state index contributed by atoms with van der Waals surface area (Å²) >= 11 is 0. The van der Waals surface area contributed by atoms with Crippen LogP contribution in [0.1, 0.15) is 19.8 Å². The van der Waals surface area contributed by atoms with Crippen molar-refractivity contribution in [1.29, 1.82) is 0 Å². The van der Waals surface area contributed by atoms with Crippen molar-refractivity contribution < 1.29 is 9.53 Å². The van der Waals surface area contributed by atoms with Gasteiger partial charge in [-0.15, -0.1) is 0 Å². The van der Waals surface area contributed by atoms with Crippen LogP contribution in [0.4, 0.5) is 0 Å². The predicted octanol–water partition coefficient (Wildman–Crippen LogP) is 0.287. The molecule has 0 spiro atoms. The van der Waals surface area contributed by atoms with Crippen molar-refractivity contribution in [1.82, 2.24) is 0 Å². The van der Waals surface area contributed by atoms with Gasteiger partial charge in [0.2, 0.25) is 5.91 Å². The second-order valence-corrected chi connectivity index (χ2v) is 2.65. The van der Waals surface area contributed by atoms with E-state index in [-0.39, 0.29) is 11.8 Å². The summed E-state index contributed by atoms with van der Waals surface area (Å²) in [4.78, 5) is 10.5. The van der Waals surface area contributed by atoms with E-state index >= 15 is 0 Å². The summed E-state index contributed by atoms with van der Waals surface area (Å²) in [6.45, 7) is 2.69. The molecule has 0 aromatic carbocycles. The maximum Gasteiger partial charge on any atom is 0.220 e. The van der Waals surface area contributed by atoms with Crippen LogP contribution < -0.4 is 5.73 Å². The van der Waals surface area contributed by atoms with Crippen molar-refractivity contribution in [2.75, 3.05) is 6.61 Å². The molecule has 0 aromatic heterocycles. The summed E-state index contributed by atoms with van der Waals surface area (Å²) in [5.41, 5.74) is 5.06. The standard InChI is InChI=1S/C7H13NO2/c1-2-10-6-3-5(4-6)7(8)9/h5-6H,2-4H2,1H3,(H2,8,9). The first-order chi connectivity index (χ1) is 4.74. The second kappa shape index (κ2) is 3.01. The minimum Gasteiger partial charge on any atom is -0.378 e. The molecule has 0 heterocycles. The van der Waals surface area contributed by atoms with Crippen LogP contribution in [0.25, 0.3) is 0 Å². The quantitative estimate of drug-likeness (QED) is 0.617. The summed E-state index contributed by atoms with van der Waals surface area (Å²) < 4.78 is 5.25. The first kappa shape index (κ1) is 7.54. The number of primary amides is 1. The van der Waals surface area contributed by atoms with E-state index in [1.54, 1.807) is 0 Å². The number of hydrogen-bond acceptors (Lipinski definition) is 2. The van der Waals surface area contributed by atoms with Gasteiger partial charge >= 0.3 is 0 Å². The molecule has 2 N–H and O–H groups in total. The summed E-state index contributed by atoms with van der Waals surface area (Å²) in [5.74, 6) is -0.104. The lowest BCUT2D eigenvalue weighted by atomic mass is 9.82. The molecule has 0 aromatic rings. The summed E-state index contributed by atoms with van der Waals surface area (Å²) in [5, 5.41) is 0. The largest absolute Gasteiger partial charge is 0.378 e. The third-order valence-corrected chi connectivity index (χ3v) is 1.90. The van der Waals surface area contributed by atoms with Gasteiger partial charge in [0.15, 0.2) is 0 Å². The Hall–Kier alpha value is -0.570. The molecule has 0 bridgehead atoms. The monoisotopic (exact) mass is 143 g/mol. The van der Waals surface area contributed by atoms with E-state index in [9.17, 15) is 4.79 Å². The van der Waals surface area contributed by atoms with E-state index in [1.807, 2.05) is 6.92 Å². The number of hydrogen-bond donors (Lipinski definition) is 1. The van der Waals surface area contributed by atoms with Crippen LogP contribution >= 0.6 is 0 Å². The van der Waals surface area contributed by atoms with E-state index in [1.165, 1.54) is 0 Å². The topological polar surface area (TPSA) is 52.3 Å². The maximum absolute atomic E-state index is 10.5. The van der Waals surface area contributed by atoms with Crippen molar-refractivity contribution in [3.8, 4) is 0 Å². The van der Waals surface area contributed by atoms with Crippen molar-refractivity contribution in [3.05, 3.63) is 0 Å². The van der Waals surface area contributed by atoms with Gasteiger partial charge in [0, 0.05) is 12.5 Å². The van der Waals surface area contributed by atoms with Gasteiger partial charge < -0.3 is 10.5 Å². The highest BCUT2D eigenvalue weighted by Crippen LogP contribution is 2.29. The third-order valence-electron chi connectivity index (χ3n) is 1.90. The summed E-state index contributed by atoms with van der Waals surface area (Å²) in [6, 6.07) is 0. The lowest BCUT2D eigenvalue weighted by Crippen LogP contribution is -2.39. The van der Waals surface area contributed by atoms with E-state index in [0.29, 0.717) is 6.10 Å². The Morgan fingerprint density at radius 1 is 1.70 bits per heavy atom. The van der Waals surface area contributed by atoms with E-state index in [4.69, 9.17) is 10.5 Å². The second-order valence-electron chi connectivity index (χ2n) is 2.65. The van der Waals surface area contributed by atoms with Crippen LogP contribution in [0.5, 0.6) is 0 Å². The zero-order valence-electron chi connectivity index (χ0n) is 6.17. The SMILES string of the molecule is CCOC1CC(C(N)=O)C1. The molecule has 1 aliphatic rings. The maximum atomic E-state index is 10.5. The molecule has 0 atom stereocenters.